The maximum absolute atomic E-state index is 11.9. The third-order valence-electron chi connectivity index (χ3n) is 4.02. The van der Waals surface area contributed by atoms with E-state index in [4.69, 9.17) is 4.74 Å². The number of ether oxygens (including phenoxy) is 1. The summed E-state index contributed by atoms with van der Waals surface area (Å²) in [6, 6.07) is 14.0. The number of aromatic nitrogens is 1. The molecule has 0 fully saturated rings. The van der Waals surface area contributed by atoms with Gasteiger partial charge in [0.15, 0.2) is 6.61 Å². The van der Waals surface area contributed by atoms with E-state index in [2.05, 4.69) is 10.5 Å². The lowest BCUT2D eigenvalue weighted by Crippen LogP contribution is -2.24. The summed E-state index contributed by atoms with van der Waals surface area (Å²) >= 11 is 0. The van der Waals surface area contributed by atoms with Crippen molar-refractivity contribution in [1.82, 2.24) is 9.99 Å². The molecule has 3 rings (SSSR count). The number of hydrogen-bond acceptors (Lipinski definition) is 3. The quantitative estimate of drug-likeness (QED) is 0.574. The minimum Gasteiger partial charge on any atom is -0.483 e. The topological polar surface area (TPSA) is 55.6 Å². The molecule has 0 atom stereocenters. The maximum Gasteiger partial charge on any atom is 0.277 e. The molecule has 5 nitrogen and oxygen atoms in total. The Morgan fingerprint density at radius 3 is 2.88 bits per heavy atom. The second kappa shape index (κ2) is 7.21. The van der Waals surface area contributed by atoms with Gasteiger partial charge in [0.2, 0.25) is 0 Å². The average molecular weight is 335 g/mol. The van der Waals surface area contributed by atoms with Crippen LogP contribution in [0.5, 0.6) is 5.75 Å². The summed E-state index contributed by atoms with van der Waals surface area (Å²) in [7, 11) is 1.98. The van der Waals surface area contributed by atoms with E-state index in [1.54, 1.807) is 6.21 Å². The molecular weight excluding hydrogens is 314 g/mol. The van der Waals surface area contributed by atoms with Crippen LogP contribution in [0.25, 0.3) is 10.9 Å². The molecule has 0 aliphatic carbocycles. The number of amides is 1. The van der Waals surface area contributed by atoms with Gasteiger partial charge in [0, 0.05) is 29.7 Å². The smallest absolute Gasteiger partial charge is 0.277 e. The number of rotatable bonds is 5. The van der Waals surface area contributed by atoms with Crippen LogP contribution in [0.2, 0.25) is 0 Å². The lowest BCUT2D eigenvalue weighted by Gasteiger charge is -2.08. The molecule has 0 saturated heterocycles. The van der Waals surface area contributed by atoms with Gasteiger partial charge in [-0.15, -0.1) is 0 Å². The van der Waals surface area contributed by atoms with Crippen LogP contribution in [0.1, 0.15) is 16.7 Å². The summed E-state index contributed by atoms with van der Waals surface area (Å²) < 4.78 is 7.60. The van der Waals surface area contributed by atoms with E-state index in [0.29, 0.717) is 5.75 Å². The van der Waals surface area contributed by atoms with Gasteiger partial charge in [-0.25, -0.2) is 5.43 Å². The van der Waals surface area contributed by atoms with Crippen LogP contribution < -0.4 is 10.2 Å². The van der Waals surface area contributed by atoms with E-state index >= 15 is 0 Å². The van der Waals surface area contributed by atoms with Gasteiger partial charge in [0.25, 0.3) is 5.91 Å². The first kappa shape index (κ1) is 16.8. The second-order valence-corrected chi connectivity index (χ2v) is 6.06. The third-order valence-corrected chi connectivity index (χ3v) is 4.02. The molecule has 128 valence electrons. The van der Waals surface area contributed by atoms with E-state index in [0.717, 1.165) is 27.6 Å². The first-order valence-corrected chi connectivity index (χ1v) is 8.10. The molecule has 0 aliphatic rings. The van der Waals surface area contributed by atoms with Gasteiger partial charge in [-0.05, 0) is 37.1 Å². The van der Waals surface area contributed by atoms with Crippen LogP contribution in [-0.4, -0.2) is 23.3 Å². The Bertz CT molecular complexity index is 941. The molecule has 1 heterocycles. The summed E-state index contributed by atoms with van der Waals surface area (Å²) in [5.74, 6) is 0.422. The standard InChI is InChI=1S/C20H21N3O2/c1-14-8-9-15(2)19(10-14)25-13-20(24)22-21-11-16-12-23(3)18-7-5-4-6-17(16)18/h4-12H,13H2,1-3H3,(H,22,24)/b21-11+. The van der Waals surface area contributed by atoms with Crippen molar-refractivity contribution in [1.29, 1.82) is 0 Å². The van der Waals surface area contributed by atoms with E-state index in [-0.39, 0.29) is 12.5 Å². The first-order chi connectivity index (χ1) is 12.0. The number of nitrogens with one attached hydrogen (secondary N) is 1. The summed E-state index contributed by atoms with van der Waals surface area (Å²) in [5, 5.41) is 5.13. The van der Waals surface area contributed by atoms with Crippen molar-refractivity contribution in [2.45, 2.75) is 13.8 Å². The van der Waals surface area contributed by atoms with Crippen LogP contribution in [0.4, 0.5) is 0 Å². The van der Waals surface area contributed by atoms with Gasteiger partial charge in [-0.2, -0.15) is 5.10 Å². The Balaban J connectivity index is 1.60. The van der Waals surface area contributed by atoms with Crippen molar-refractivity contribution in [3.05, 3.63) is 65.4 Å². The number of fused-ring (bicyclic) bond motifs is 1. The molecule has 0 unspecified atom stereocenters. The van der Waals surface area contributed by atoms with E-state index in [1.807, 2.05) is 74.1 Å². The molecule has 3 aromatic rings. The van der Waals surface area contributed by atoms with Crippen LogP contribution in [0, 0.1) is 13.8 Å². The highest BCUT2D eigenvalue weighted by molar-refractivity contribution is 5.99. The van der Waals surface area contributed by atoms with Crippen molar-refractivity contribution >= 4 is 23.0 Å². The summed E-state index contributed by atoms with van der Waals surface area (Å²) in [5.41, 5.74) is 6.67. The van der Waals surface area contributed by atoms with Crippen molar-refractivity contribution < 1.29 is 9.53 Å². The van der Waals surface area contributed by atoms with E-state index < -0.39 is 0 Å². The highest BCUT2D eigenvalue weighted by Crippen LogP contribution is 2.19. The SMILES string of the molecule is Cc1ccc(C)c(OCC(=O)N/N=C/c2cn(C)c3ccccc23)c1. The number of hydrogen-bond donors (Lipinski definition) is 1. The molecular formula is C20H21N3O2. The van der Waals surface area contributed by atoms with Gasteiger partial charge < -0.3 is 9.30 Å². The lowest BCUT2D eigenvalue weighted by molar-refractivity contribution is -0.123. The normalized spacial score (nSPS) is 11.2. The minimum absolute atomic E-state index is 0.0723. The average Bonchev–Trinajstić information content (AvgIpc) is 2.92. The number of carbonyl (C=O) groups excluding carboxylic acids is 1. The predicted octanol–water partition coefficient (Wildman–Crippen LogP) is 3.32. The van der Waals surface area contributed by atoms with Crippen LogP contribution in [0.15, 0.2) is 53.8 Å². The second-order valence-electron chi connectivity index (χ2n) is 6.06. The van der Waals surface area contributed by atoms with Crippen LogP contribution in [0.3, 0.4) is 0 Å². The highest BCUT2D eigenvalue weighted by atomic mass is 16.5. The predicted molar refractivity (Wildman–Crippen MR) is 100 cm³/mol. The van der Waals surface area contributed by atoms with Crippen LogP contribution >= 0.6 is 0 Å². The molecule has 0 saturated carbocycles. The number of nitrogens with zero attached hydrogens (tertiary/aromatic N) is 2. The number of hydrazone groups is 1. The largest absolute Gasteiger partial charge is 0.483 e. The Morgan fingerprint density at radius 2 is 2.04 bits per heavy atom. The van der Waals surface area contributed by atoms with Gasteiger partial charge >= 0.3 is 0 Å². The van der Waals surface area contributed by atoms with E-state index in [1.165, 1.54) is 0 Å². The van der Waals surface area contributed by atoms with Gasteiger partial charge in [-0.3, -0.25) is 4.79 Å². The zero-order valence-electron chi connectivity index (χ0n) is 14.6. The third kappa shape index (κ3) is 3.88. The molecule has 1 amide bonds. The van der Waals surface area contributed by atoms with Crippen molar-refractivity contribution in [2.75, 3.05) is 6.61 Å². The number of para-hydroxylation sites is 1. The van der Waals surface area contributed by atoms with Gasteiger partial charge in [0.1, 0.15) is 5.75 Å². The monoisotopic (exact) mass is 335 g/mol. The maximum atomic E-state index is 11.9. The zero-order valence-corrected chi connectivity index (χ0v) is 14.6. The minimum atomic E-state index is -0.294. The molecule has 1 N–H and O–H groups in total. The Hall–Kier alpha value is -3.08. The fourth-order valence-corrected chi connectivity index (χ4v) is 2.69. The van der Waals surface area contributed by atoms with E-state index in [9.17, 15) is 4.79 Å². The van der Waals surface area contributed by atoms with Gasteiger partial charge in [-0.1, -0.05) is 30.3 Å². The zero-order chi connectivity index (χ0) is 17.8. The van der Waals surface area contributed by atoms with Crippen molar-refractivity contribution in [2.24, 2.45) is 12.1 Å². The Kier molecular flexibility index (Phi) is 4.84. The molecule has 1 aromatic heterocycles. The van der Waals surface area contributed by atoms with Crippen LogP contribution in [-0.2, 0) is 11.8 Å². The van der Waals surface area contributed by atoms with Crippen molar-refractivity contribution in [3.8, 4) is 5.75 Å². The lowest BCUT2D eigenvalue weighted by atomic mass is 10.1. The molecule has 5 heteroatoms. The summed E-state index contributed by atoms with van der Waals surface area (Å²) in [6.45, 7) is 3.86. The van der Waals surface area contributed by atoms with Crippen molar-refractivity contribution in [3.63, 3.8) is 0 Å². The van der Waals surface area contributed by atoms with Gasteiger partial charge in [0.05, 0.1) is 6.21 Å². The summed E-state index contributed by atoms with van der Waals surface area (Å²) in [6.07, 6.45) is 3.63. The molecule has 0 aliphatic heterocycles. The Morgan fingerprint density at radius 1 is 1.24 bits per heavy atom. The molecule has 0 radical (unpaired) electrons. The molecule has 2 aromatic carbocycles. The molecule has 0 bridgehead atoms. The number of aryl methyl sites for hydroxylation is 3. The first-order valence-electron chi connectivity index (χ1n) is 8.10. The fraction of sp³-hybridized carbons (Fsp3) is 0.200. The molecule has 0 spiro atoms. The fourth-order valence-electron chi connectivity index (χ4n) is 2.69. The molecule has 25 heavy (non-hydrogen) atoms. The Labute approximate surface area is 146 Å². The summed E-state index contributed by atoms with van der Waals surface area (Å²) in [4.78, 5) is 11.9. The highest BCUT2D eigenvalue weighted by Gasteiger charge is 2.06. The number of carbonyl (C=O) groups is 1. The number of benzene rings is 2.